The number of hydrogen-bond donors (Lipinski definition) is 0. The van der Waals surface area contributed by atoms with E-state index in [-0.39, 0.29) is 0 Å². The molecule has 0 heterocycles. The Labute approximate surface area is 131 Å². The Morgan fingerprint density at radius 1 is 0.955 bits per heavy atom. The molecule has 0 spiro atoms. The molecule has 118 valence electrons. The highest BCUT2D eigenvalue weighted by atomic mass is 32.2. The van der Waals surface area contributed by atoms with Crippen molar-refractivity contribution >= 4 is 9.84 Å². The molecule has 0 saturated carbocycles. The summed E-state index contributed by atoms with van der Waals surface area (Å²) in [6, 6.07) is 14.4. The molecule has 5 heteroatoms. The Kier molecular flexibility index (Phi) is 5.44. The van der Waals surface area contributed by atoms with Crippen molar-refractivity contribution in [2.45, 2.75) is 18.2 Å². The SMILES string of the molecule is CCOc1cccc(OCCc2ccc(S(C)(=O)=O)cc2)c1. The van der Waals surface area contributed by atoms with Crippen LogP contribution in [0.3, 0.4) is 0 Å². The molecule has 0 fully saturated rings. The van der Waals surface area contributed by atoms with E-state index in [1.807, 2.05) is 43.3 Å². The van der Waals surface area contributed by atoms with Crippen LogP contribution in [0.4, 0.5) is 0 Å². The molecule has 0 bridgehead atoms. The standard InChI is InChI=1S/C17H20O4S/c1-3-20-15-5-4-6-16(13-15)21-12-11-14-7-9-17(10-8-14)22(2,18)19/h4-10,13H,3,11-12H2,1-2H3. The number of rotatable bonds is 7. The Balaban J connectivity index is 1.90. The Hall–Kier alpha value is -2.01. The maximum Gasteiger partial charge on any atom is 0.175 e. The van der Waals surface area contributed by atoms with Crippen molar-refractivity contribution in [2.75, 3.05) is 19.5 Å². The van der Waals surface area contributed by atoms with E-state index < -0.39 is 9.84 Å². The average Bonchev–Trinajstić information content (AvgIpc) is 2.48. The van der Waals surface area contributed by atoms with E-state index in [0.29, 0.717) is 24.5 Å². The van der Waals surface area contributed by atoms with E-state index in [1.165, 1.54) is 6.26 Å². The molecule has 0 saturated heterocycles. The summed E-state index contributed by atoms with van der Waals surface area (Å²) in [7, 11) is -3.14. The van der Waals surface area contributed by atoms with Gasteiger partial charge in [-0.1, -0.05) is 18.2 Å². The molecule has 0 unspecified atom stereocenters. The molecule has 0 N–H and O–H groups in total. The third-order valence-corrected chi connectivity index (χ3v) is 4.26. The Bertz CT molecular complexity index is 706. The first-order valence-electron chi connectivity index (χ1n) is 7.13. The fourth-order valence-corrected chi connectivity index (χ4v) is 2.64. The second kappa shape index (κ2) is 7.31. The molecular formula is C17H20O4S. The molecule has 0 aromatic heterocycles. The highest BCUT2D eigenvalue weighted by Gasteiger charge is 2.06. The van der Waals surface area contributed by atoms with E-state index in [9.17, 15) is 8.42 Å². The zero-order valence-electron chi connectivity index (χ0n) is 12.8. The first-order valence-corrected chi connectivity index (χ1v) is 9.03. The first kappa shape index (κ1) is 16.4. The minimum Gasteiger partial charge on any atom is -0.494 e. The van der Waals surface area contributed by atoms with Crippen LogP contribution in [0.15, 0.2) is 53.4 Å². The van der Waals surface area contributed by atoms with E-state index in [1.54, 1.807) is 12.1 Å². The smallest absolute Gasteiger partial charge is 0.175 e. The molecule has 0 atom stereocenters. The summed E-state index contributed by atoms with van der Waals surface area (Å²) in [4.78, 5) is 0.335. The molecule has 0 aliphatic carbocycles. The van der Waals surface area contributed by atoms with Crippen molar-refractivity contribution in [2.24, 2.45) is 0 Å². The van der Waals surface area contributed by atoms with Gasteiger partial charge in [-0.05, 0) is 36.8 Å². The number of hydrogen-bond acceptors (Lipinski definition) is 4. The fraction of sp³-hybridized carbons (Fsp3) is 0.294. The van der Waals surface area contributed by atoms with Crippen molar-refractivity contribution in [3.8, 4) is 11.5 Å². The highest BCUT2D eigenvalue weighted by Crippen LogP contribution is 2.19. The minimum atomic E-state index is -3.14. The van der Waals surface area contributed by atoms with Gasteiger partial charge in [-0.15, -0.1) is 0 Å². The van der Waals surface area contributed by atoms with Crippen molar-refractivity contribution < 1.29 is 17.9 Å². The zero-order chi connectivity index (χ0) is 16.0. The van der Waals surface area contributed by atoms with Crippen molar-refractivity contribution in [3.63, 3.8) is 0 Å². The first-order chi connectivity index (χ1) is 10.5. The highest BCUT2D eigenvalue weighted by molar-refractivity contribution is 7.90. The second-order valence-corrected chi connectivity index (χ2v) is 6.94. The lowest BCUT2D eigenvalue weighted by molar-refractivity contribution is 0.312. The summed E-state index contributed by atoms with van der Waals surface area (Å²) in [5.74, 6) is 1.55. The predicted molar refractivity (Wildman–Crippen MR) is 86.4 cm³/mol. The van der Waals surface area contributed by atoms with Crippen LogP contribution in [0, 0.1) is 0 Å². The zero-order valence-corrected chi connectivity index (χ0v) is 13.6. The maximum atomic E-state index is 11.4. The quantitative estimate of drug-likeness (QED) is 0.786. The van der Waals surface area contributed by atoms with Crippen LogP contribution in [-0.2, 0) is 16.3 Å². The van der Waals surface area contributed by atoms with Crippen molar-refractivity contribution in [1.29, 1.82) is 0 Å². The van der Waals surface area contributed by atoms with Gasteiger partial charge in [0, 0.05) is 18.7 Å². The summed E-state index contributed by atoms with van der Waals surface area (Å²) < 4.78 is 33.9. The van der Waals surface area contributed by atoms with E-state index >= 15 is 0 Å². The third kappa shape index (κ3) is 4.77. The van der Waals surface area contributed by atoms with Gasteiger partial charge in [0.15, 0.2) is 9.84 Å². The normalized spacial score (nSPS) is 11.2. The summed E-state index contributed by atoms with van der Waals surface area (Å²) >= 11 is 0. The lowest BCUT2D eigenvalue weighted by Gasteiger charge is -2.09. The lowest BCUT2D eigenvalue weighted by Crippen LogP contribution is -2.02. The molecule has 0 aliphatic rings. The molecule has 2 aromatic rings. The van der Waals surface area contributed by atoms with Crippen molar-refractivity contribution in [3.05, 3.63) is 54.1 Å². The maximum absolute atomic E-state index is 11.4. The predicted octanol–water partition coefficient (Wildman–Crippen LogP) is 3.11. The lowest BCUT2D eigenvalue weighted by atomic mass is 10.2. The van der Waals surface area contributed by atoms with Crippen LogP contribution < -0.4 is 9.47 Å². The Morgan fingerprint density at radius 3 is 2.18 bits per heavy atom. The second-order valence-electron chi connectivity index (χ2n) is 4.92. The summed E-state index contributed by atoms with van der Waals surface area (Å²) in [6.45, 7) is 3.08. The fourth-order valence-electron chi connectivity index (χ4n) is 2.01. The summed E-state index contributed by atoms with van der Waals surface area (Å²) in [5.41, 5.74) is 1.04. The molecule has 2 rings (SSSR count). The van der Waals surface area contributed by atoms with Crippen LogP contribution in [0.25, 0.3) is 0 Å². The summed E-state index contributed by atoms with van der Waals surface area (Å²) in [6.07, 6.45) is 1.92. The van der Waals surface area contributed by atoms with Gasteiger partial charge in [-0.3, -0.25) is 0 Å². The number of sulfone groups is 1. The molecule has 0 radical (unpaired) electrons. The molecule has 0 aliphatic heterocycles. The van der Waals surface area contributed by atoms with Gasteiger partial charge in [0.05, 0.1) is 18.1 Å². The van der Waals surface area contributed by atoms with E-state index in [4.69, 9.17) is 9.47 Å². The Morgan fingerprint density at radius 2 is 1.59 bits per heavy atom. The number of benzene rings is 2. The van der Waals surface area contributed by atoms with Gasteiger partial charge in [0.25, 0.3) is 0 Å². The molecule has 22 heavy (non-hydrogen) atoms. The van der Waals surface area contributed by atoms with E-state index in [2.05, 4.69) is 0 Å². The molecule has 0 amide bonds. The van der Waals surface area contributed by atoms with Gasteiger partial charge in [0.2, 0.25) is 0 Å². The van der Waals surface area contributed by atoms with Gasteiger partial charge in [-0.25, -0.2) is 8.42 Å². The summed E-state index contributed by atoms with van der Waals surface area (Å²) in [5, 5.41) is 0. The van der Waals surface area contributed by atoms with Crippen LogP contribution in [0.2, 0.25) is 0 Å². The van der Waals surface area contributed by atoms with Crippen LogP contribution in [-0.4, -0.2) is 27.9 Å². The molecule has 2 aromatic carbocycles. The van der Waals surface area contributed by atoms with Crippen LogP contribution in [0.1, 0.15) is 12.5 Å². The van der Waals surface area contributed by atoms with E-state index in [0.717, 1.165) is 17.1 Å². The minimum absolute atomic E-state index is 0.335. The van der Waals surface area contributed by atoms with Gasteiger partial charge in [-0.2, -0.15) is 0 Å². The molecular weight excluding hydrogens is 300 g/mol. The monoisotopic (exact) mass is 320 g/mol. The van der Waals surface area contributed by atoms with Gasteiger partial charge < -0.3 is 9.47 Å². The number of ether oxygens (including phenoxy) is 2. The largest absolute Gasteiger partial charge is 0.494 e. The average molecular weight is 320 g/mol. The van der Waals surface area contributed by atoms with Crippen LogP contribution in [0.5, 0.6) is 11.5 Å². The molecule has 4 nitrogen and oxygen atoms in total. The van der Waals surface area contributed by atoms with Gasteiger partial charge in [0.1, 0.15) is 11.5 Å². The topological polar surface area (TPSA) is 52.6 Å². The third-order valence-electron chi connectivity index (χ3n) is 3.13. The van der Waals surface area contributed by atoms with Crippen LogP contribution >= 0.6 is 0 Å². The van der Waals surface area contributed by atoms with Gasteiger partial charge >= 0.3 is 0 Å². The van der Waals surface area contributed by atoms with Crippen molar-refractivity contribution in [1.82, 2.24) is 0 Å².